The third kappa shape index (κ3) is 6.18. The van der Waals surface area contributed by atoms with Gasteiger partial charge in [0.05, 0.1) is 24.1 Å². The normalized spacial score (nSPS) is 14.9. The highest BCUT2D eigenvalue weighted by Crippen LogP contribution is 2.31. The Hall–Kier alpha value is -3.72. The van der Waals surface area contributed by atoms with Gasteiger partial charge in [-0.25, -0.2) is 28.1 Å². The van der Waals surface area contributed by atoms with E-state index in [9.17, 15) is 13.2 Å². The van der Waals surface area contributed by atoms with Crippen molar-refractivity contribution < 1.29 is 17.9 Å². The molecule has 1 fully saturated rings. The maximum absolute atomic E-state index is 13.7. The monoisotopic (exact) mass is 610 g/mol. The number of fused-ring (bicyclic) bond motifs is 1. The van der Waals surface area contributed by atoms with E-state index in [1.807, 2.05) is 25.1 Å². The minimum atomic E-state index is -3.86. The lowest BCUT2D eigenvalue weighted by Crippen LogP contribution is -2.48. The number of nitrogens with zero attached hydrogens (tertiary/aromatic N) is 8. The molecular formula is C29H38N8O5S. The van der Waals surface area contributed by atoms with Crippen LogP contribution in [-0.2, 0) is 28.2 Å². The van der Waals surface area contributed by atoms with E-state index in [2.05, 4.69) is 26.9 Å². The standard InChI is InChI=1S/C29H38N8O5S/c1-5-10-23-25-26(33-37(23)24-11-7-8-12-30-24)29(38)34(3)27(32-25)22-19-21(20-31-28(22)42-18-9-17-41-4)43(39,40)36-15-13-35(6-2)14-16-36/h7-8,11-12,19-20H,5-6,9-10,13-18H2,1-4H3. The third-order valence-corrected chi connectivity index (χ3v) is 9.43. The molecule has 0 amide bonds. The Bertz CT molecular complexity index is 1730. The molecule has 13 nitrogen and oxygen atoms in total. The summed E-state index contributed by atoms with van der Waals surface area (Å²) in [5, 5.41) is 4.61. The van der Waals surface area contributed by atoms with Crippen LogP contribution >= 0.6 is 0 Å². The Balaban J connectivity index is 1.66. The minimum absolute atomic E-state index is 0.0176. The fourth-order valence-electron chi connectivity index (χ4n) is 5.17. The zero-order chi connectivity index (χ0) is 30.6. The van der Waals surface area contributed by atoms with E-state index in [-0.39, 0.29) is 34.3 Å². The zero-order valence-electron chi connectivity index (χ0n) is 25.1. The van der Waals surface area contributed by atoms with E-state index < -0.39 is 10.0 Å². The first-order chi connectivity index (χ1) is 20.8. The fourth-order valence-corrected chi connectivity index (χ4v) is 6.56. The molecule has 14 heteroatoms. The lowest BCUT2D eigenvalue weighted by atomic mass is 10.2. The van der Waals surface area contributed by atoms with E-state index in [1.54, 1.807) is 25.0 Å². The van der Waals surface area contributed by atoms with Crippen molar-refractivity contribution in [2.24, 2.45) is 7.05 Å². The highest BCUT2D eigenvalue weighted by molar-refractivity contribution is 7.89. The van der Waals surface area contributed by atoms with Crippen molar-refractivity contribution in [3.05, 3.63) is 52.7 Å². The van der Waals surface area contributed by atoms with Crippen LogP contribution in [0.5, 0.6) is 5.88 Å². The number of sulfonamides is 1. The van der Waals surface area contributed by atoms with Crippen LogP contribution in [0.1, 0.15) is 32.4 Å². The predicted molar refractivity (Wildman–Crippen MR) is 162 cm³/mol. The van der Waals surface area contributed by atoms with Crippen molar-refractivity contribution in [1.82, 2.24) is 38.5 Å². The maximum Gasteiger partial charge on any atom is 0.281 e. The van der Waals surface area contributed by atoms with Gasteiger partial charge in [0.25, 0.3) is 5.56 Å². The van der Waals surface area contributed by atoms with Crippen LogP contribution in [0.15, 0.2) is 46.3 Å². The van der Waals surface area contributed by atoms with E-state index in [4.69, 9.17) is 14.5 Å². The molecule has 43 heavy (non-hydrogen) atoms. The number of methoxy groups -OCH3 is 1. The summed E-state index contributed by atoms with van der Waals surface area (Å²) < 4.78 is 43.1. The number of aromatic nitrogens is 6. The zero-order valence-corrected chi connectivity index (χ0v) is 25.9. The van der Waals surface area contributed by atoms with Gasteiger partial charge in [-0.3, -0.25) is 9.36 Å². The van der Waals surface area contributed by atoms with Gasteiger partial charge in [-0.15, -0.1) is 0 Å². The fraction of sp³-hybridized carbons (Fsp3) is 0.483. The Kier molecular flexibility index (Phi) is 9.49. The number of hydrogen-bond acceptors (Lipinski definition) is 10. The number of ether oxygens (including phenoxy) is 2. The highest BCUT2D eigenvalue weighted by atomic mass is 32.2. The lowest BCUT2D eigenvalue weighted by molar-refractivity contribution is 0.170. The molecule has 230 valence electrons. The molecule has 5 heterocycles. The van der Waals surface area contributed by atoms with Gasteiger partial charge in [0.1, 0.15) is 16.2 Å². The molecule has 0 atom stereocenters. The lowest BCUT2D eigenvalue weighted by Gasteiger charge is -2.33. The van der Waals surface area contributed by atoms with Gasteiger partial charge >= 0.3 is 0 Å². The van der Waals surface area contributed by atoms with Crippen LogP contribution < -0.4 is 10.3 Å². The summed E-state index contributed by atoms with van der Waals surface area (Å²) in [5.41, 5.74) is 1.30. The largest absolute Gasteiger partial charge is 0.477 e. The molecule has 1 aliphatic rings. The molecule has 0 aliphatic carbocycles. The third-order valence-electron chi connectivity index (χ3n) is 7.56. The summed E-state index contributed by atoms with van der Waals surface area (Å²) in [6.07, 6.45) is 4.97. The summed E-state index contributed by atoms with van der Waals surface area (Å²) >= 11 is 0. The molecule has 0 radical (unpaired) electrons. The average Bonchev–Trinajstić information content (AvgIpc) is 3.40. The van der Waals surface area contributed by atoms with Gasteiger partial charge in [0.2, 0.25) is 15.9 Å². The summed E-state index contributed by atoms with van der Waals surface area (Å²) in [7, 11) is -0.660. The van der Waals surface area contributed by atoms with E-state index in [1.165, 1.54) is 21.1 Å². The molecule has 0 bridgehead atoms. The second-order valence-corrected chi connectivity index (χ2v) is 12.3. The molecule has 0 spiro atoms. The van der Waals surface area contributed by atoms with Crippen LogP contribution in [0.3, 0.4) is 0 Å². The number of aryl methyl sites for hydroxylation is 1. The first-order valence-electron chi connectivity index (χ1n) is 14.5. The number of hydrogen-bond donors (Lipinski definition) is 0. The molecule has 1 aliphatic heterocycles. The SMILES string of the molecule is CCCc1c2nc(-c3cc(S(=O)(=O)N4CCN(CC)CC4)cnc3OCCCOC)n(C)c(=O)c2nn1-c1ccccn1. The van der Waals surface area contributed by atoms with Gasteiger partial charge in [0, 0.05) is 59.6 Å². The van der Waals surface area contributed by atoms with E-state index in [0.717, 1.165) is 18.7 Å². The molecule has 5 rings (SSSR count). The van der Waals surface area contributed by atoms with Crippen molar-refractivity contribution in [3.8, 4) is 23.1 Å². The van der Waals surface area contributed by atoms with Crippen molar-refractivity contribution >= 4 is 21.1 Å². The average molecular weight is 611 g/mol. The molecule has 4 aromatic heterocycles. The Labute approximate surface area is 251 Å². The topological polar surface area (TPSA) is 138 Å². The second-order valence-electron chi connectivity index (χ2n) is 10.4. The molecule has 0 aromatic carbocycles. The number of pyridine rings is 2. The maximum atomic E-state index is 13.7. The van der Waals surface area contributed by atoms with E-state index >= 15 is 0 Å². The first kappa shape index (κ1) is 30.7. The van der Waals surface area contributed by atoms with Crippen LogP contribution in [-0.4, -0.2) is 100.0 Å². The summed E-state index contributed by atoms with van der Waals surface area (Å²) in [6, 6.07) is 7.00. The molecule has 1 saturated heterocycles. The summed E-state index contributed by atoms with van der Waals surface area (Å²) in [5.74, 6) is 0.993. The quantitative estimate of drug-likeness (QED) is 0.220. The van der Waals surface area contributed by atoms with Gasteiger partial charge < -0.3 is 14.4 Å². The Morgan fingerprint density at radius 3 is 2.49 bits per heavy atom. The van der Waals surface area contributed by atoms with Gasteiger partial charge in [-0.05, 0) is 31.2 Å². The second kappa shape index (κ2) is 13.3. The Morgan fingerprint density at radius 1 is 1.02 bits per heavy atom. The van der Waals surface area contributed by atoms with Crippen molar-refractivity contribution in [3.63, 3.8) is 0 Å². The van der Waals surface area contributed by atoms with Gasteiger partial charge in [0.15, 0.2) is 11.3 Å². The van der Waals surface area contributed by atoms with Crippen molar-refractivity contribution in [2.45, 2.75) is 38.0 Å². The number of piperazine rings is 1. The van der Waals surface area contributed by atoms with Crippen LogP contribution in [0, 0.1) is 0 Å². The molecule has 0 saturated carbocycles. The summed E-state index contributed by atoms with van der Waals surface area (Å²) in [4.78, 5) is 29.8. The molecule has 4 aromatic rings. The molecular weight excluding hydrogens is 572 g/mol. The van der Waals surface area contributed by atoms with Crippen molar-refractivity contribution in [2.75, 3.05) is 53.0 Å². The highest BCUT2D eigenvalue weighted by Gasteiger charge is 2.30. The molecule has 0 unspecified atom stereocenters. The van der Waals surface area contributed by atoms with Crippen LogP contribution in [0.2, 0.25) is 0 Å². The van der Waals surface area contributed by atoms with Crippen molar-refractivity contribution in [1.29, 1.82) is 0 Å². The van der Waals surface area contributed by atoms with Crippen LogP contribution in [0.4, 0.5) is 0 Å². The smallest absolute Gasteiger partial charge is 0.281 e. The van der Waals surface area contributed by atoms with E-state index in [0.29, 0.717) is 62.5 Å². The summed E-state index contributed by atoms with van der Waals surface area (Å²) in [6.45, 7) is 7.82. The predicted octanol–water partition coefficient (Wildman–Crippen LogP) is 2.27. The first-order valence-corrected chi connectivity index (χ1v) is 16.0. The van der Waals surface area contributed by atoms with Gasteiger partial charge in [-0.2, -0.15) is 9.40 Å². The molecule has 0 N–H and O–H groups in total. The minimum Gasteiger partial charge on any atom is -0.477 e. The van der Waals surface area contributed by atoms with Gasteiger partial charge in [-0.1, -0.05) is 26.3 Å². The number of likely N-dealkylation sites (N-methyl/N-ethyl adjacent to an activating group) is 1. The number of rotatable bonds is 12. The van der Waals surface area contributed by atoms with Crippen LogP contribution in [0.25, 0.3) is 28.2 Å². The Morgan fingerprint density at radius 2 is 1.81 bits per heavy atom.